The van der Waals surface area contributed by atoms with Crippen molar-refractivity contribution in [3.05, 3.63) is 28.0 Å². The van der Waals surface area contributed by atoms with Crippen LogP contribution in [-0.4, -0.2) is 16.1 Å². The van der Waals surface area contributed by atoms with Crippen LogP contribution < -0.4 is 0 Å². The Labute approximate surface area is 88.9 Å². The van der Waals surface area contributed by atoms with Crippen molar-refractivity contribution >= 4 is 33.5 Å². The number of carbonyl (C=O) groups is 1. The number of hydrogen-bond acceptors (Lipinski definition) is 2. The van der Waals surface area contributed by atoms with Gasteiger partial charge in [0, 0.05) is 17.1 Å². The zero-order valence-electron chi connectivity index (χ0n) is 6.84. The molecule has 0 radical (unpaired) electrons. The lowest BCUT2D eigenvalue weighted by Crippen LogP contribution is -2.05. The standard InChI is InChI=1S/C8H7BrClNO2/c1-4-6(8(12)13)5(2-9)3-11-7(4)10/h3H,2H2,1H3,(H,12,13). The third-order valence-corrected chi connectivity index (χ3v) is 2.68. The minimum absolute atomic E-state index is 0.233. The number of rotatable bonds is 2. The molecule has 0 unspecified atom stereocenters. The molecule has 0 fully saturated rings. The Morgan fingerprint density at radius 1 is 1.77 bits per heavy atom. The molecule has 0 aromatic carbocycles. The van der Waals surface area contributed by atoms with Crippen molar-refractivity contribution in [1.29, 1.82) is 0 Å². The average molecular weight is 265 g/mol. The second-order valence-corrected chi connectivity index (χ2v) is 3.43. The molecule has 0 saturated heterocycles. The molecule has 0 atom stereocenters. The van der Waals surface area contributed by atoms with Gasteiger partial charge in [0.2, 0.25) is 0 Å². The van der Waals surface area contributed by atoms with Gasteiger partial charge in [-0.25, -0.2) is 9.78 Å². The van der Waals surface area contributed by atoms with Crippen LogP contribution in [0.15, 0.2) is 6.20 Å². The minimum atomic E-state index is -0.976. The summed E-state index contributed by atoms with van der Waals surface area (Å²) in [5.74, 6) is -0.976. The van der Waals surface area contributed by atoms with E-state index in [4.69, 9.17) is 16.7 Å². The van der Waals surface area contributed by atoms with Crippen LogP contribution in [0.1, 0.15) is 21.5 Å². The molecule has 3 nitrogen and oxygen atoms in total. The molecule has 0 aliphatic carbocycles. The number of hydrogen-bond donors (Lipinski definition) is 1. The minimum Gasteiger partial charge on any atom is -0.478 e. The van der Waals surface area contributed by atoms with E-state index in [-0.39, 0.29) is 10.7 Å². The molecule has 0 spiro atoms. The van der Waals surface area contributed by atoms with E-state index < -0.39 is 5.97 Å². The molecular formula is C8H7BrClNO2. The Kier molecular flexibility index (Phi) is 3.27. The second kappa shape index (κ2) is 4.07. The highest BCUT2D eigenvalue weighted by Crippen LogP contribution is 2.21. The van der Waals surface area contributed by atoms with Crippen LogP contribution in [0.4, 0.5) is 0 Å². The fourth-order valence-electron chi connectivity index (χ4n) is 1.04. The summed E-state index contributed by atoms with van der Waals surface area (Å²) in [6.07, 6.45) is 1.47. The molecule has 0 bridgehead atoms. The normalized spacial score (nSPS) is 10.1. The van der Waals surface area contributed by atoms with Crippen LogP contribution in [0.3, 0.4) is 0 Å². The predicted molar refractivity (Wildman–Crippen MR) is 53.6 cm³/mol. The number of nitrogens with zero attached hydrogens (tertiary/aromatic N) is 1. The average Bonchev–Trinajstić information content (AvgIpc) is 2.08. The molecule has 0 aliphatic rings. The van der Waals surface area contributed by atoms with Gasteiger partial charge in [-0.3, -0.25) is 0 Å². The Morgan fingerprint density at radius 3 is 2.85 bits per heavy atom. The summed E-state index contributed by atoms with van der Waals surface area (Å²) in [5.41, 5.74) is 1.37. The Morgan fingerprint density at radius 2 is 2.38 bits per heavy atom. The lowest BCUT2D eigenvalue weighted by Gasteiger charge is -2.06. The first kappa shape index (κ1) is 10.5. The summed E-state index contributed by atoms with van der Waals surface area (Å²) in [6.45, 7) is 1.64. The van der Waals surface area contributed by atoms with E-state index >= 15 is 0 Å². The number of carboxylic acid groups (broad SMARTS) is 1. The van der Waals surface area contributed by atoms with Gasteiger partial charge in [-0.1, -0.05) is 27.5 Å². The molecule has 0 saturated carbocycles. The maximum atomic E-state index is 10.8. The molecule has 1 aromatic rings. The SMILES string of the molecule is Cc1c(Cl)ncc(CBr)c1C(=O)O. The number of aromatic nitrogens is 1. The van der Waals surface area contributed by atoms with E-state index in [1.807, 2.05) is 0 Å². The first-order valence-electron chi connectivity index (χ1n) is 3.51. The van der Waals surface area contributed by atoms with E-state index in [0.29, 0.717) is 16.5 Å². The van der Waals surface area contributed by atoms with E-state index in [0.717, 1.165) is 0 Å². The quantitative estimate of drug-likeness (QED) is 0.660. The first-order chi connectivity index (χ1) is 6.07. The summed E-state index contributed by atoms with van der Waals surface area (Å²) in [4.78, 5) is 14.7. The zero-order chi connectivity index (χ0) is 10.0. The second-order valence-electron chi connectivity index (χ2n) is 2.51. The van der Waals surface area contributed by atoms with Crippen LogP contribution >= 0.6 is 27.5 Å². The Bertz CT molecular complexity index is 354. The van der Waals surface area contributed by atoms with Gasteiger partial charge in [-0.15, -0.1) is 0 Å². The van der Waals surface area contributed by atoms with E-state index in [1.165, 1.54) is 6.20 Å². The summed E-state index contributed by atoms with van der Waals surface area (Å²) in [7, 11) is 0. The van der Waals surface area contributed by atoms with E-state index in [2.05, 4.69) is 20.9 Å². The molecule has 0 aliphatic heterocycles. The maximum absolute atomic E-state index is 10.8. The van der Waals surface area contributed by atoms with Gasteiger partial charge in [-0.2, -0.15) is 0 Å². The van der Waals surface area contributed by atoms with Crippen molar-refractivity contribution in [1.82, 2.24) is 4.98 Å². The van der Waals surface area contributed by atoms with Crippen LogP contribution in [0.25, 0.3) is 0 Å². The van der Waals surface area contributed by atoms with Crippen LogP contribution in [0, 0.1) is 6.92 Å². The third kappa shape index (κ3) is 2.00. The van der Waals surface area contributed by atoms with Gasteiger partial charge >= 0.3 is 5.97 Å². The smallest absolute Gasteiger partial charge is 0.336 e. The molecule has 1 heterocycles. The van der Waals surface area contributed by atoms with Crippen molar-refractivity contribution in [2.75, 3.05) is 0 Å². The lowest BCUT2D eigenvalue weighted by molar-refractivity contribution is 0.0695. The molecule has 1 aromatic heterocycles. The van der Waals surface area contributed by atoms with Crippen LogP contribution in [0.5, 0.6) is 0 Å². The van der Waals surface area contributed by atoms with Crippen molar-refractivity contribution in [2.45, 2.75) is 12.3 Å². The predicted octanol–water partition coefficient (Wildman–Crippen LogP) is 2.64. The number of halogens is 2. The highest BCUT2D eigenvalue weighted by molar-refractivity contribution is 9.08. The Hall–Kier alpha value is -0.610. The number of carboxylic acids is 1. The lowest BCUT2D eigenvalue weighted by atomic mass is 10.1. The number of alkyl halides is 1. The number of pyridine rings is 1. The topological polar surface area (TPSA) is 50.2 Å². The highest BCUT2D eigenvalue weighted by atomic mass is 79.9. The highest BCUT2D eigenvalue weighted by Gasteiger charge is 2.15. The molecule has 13 heavy (non-hydrogen) atoms. The van der Waals surface area contributed by atoms with Crippen molar-refractivity contribution in [3.8, 4) is 0 Å². The first-order valence-corrected chi connectivity index (χ1v) is 5.01. The largest absolute Gasteiger partial charge is 0.478 e. The molecule has 1 rings (SSSR count). The van der Waals surface area contributed by atoms with Crippen molar-refractivity contribution < 1.29 is 9.90 Å². The fraction of sp³-hybridized carbons (Fsp3) is 0.250. The maximum Gasteiger partial charge on any atom is 0.336 e. The van der Waals surface area contributed by atoms with Crippen molar-refractivity contribution in [2.24, 2.45) is 0 Å². The molecule has 5 heteroatoms. The van der Waals surface area contributed by atoms with Gasteiger partial charge < -0.3 is 5.11 Å². The molecule has 70 valence electrons. The van der Waals surface area contributed by atoms with Crippen molar-refractivity contribution in [3.63, 3.8) is 0 Å². The summed E-state index contributed by atoms with van der Waals surface area (Å²) in [5, 5.41) is 9.59. The Balaban J connectivity index is 3.41. The fourth-order valence-corrected chi connectivity index (χ4v) is 1.61. The summed E-state index contributed by atoms with van der Waals surface area (Å²) < 4.78 is 0. The zero-order valence-corrected chi connectivity index (χ0v) is 9.18. The molecule has 1 N–H and O–H groups in total. The third-order valence-electron chi connectivity index (χ3n) is 1.70. The van der Waals surface area contributed by atoms with Gasteiger partial charge in [0.15, 0.2) is 0 Å². The summed E-state index contributed by atoms with van der Waals surface area (Å²) >= 11 is 8.89. The van der Waals surface area contributed by atoms with E-state index in [9.17, 15) is 4.79 Å². The van der Waals surface area contributed by atoms with E-state index in [1.54, 1.807) is 6.92 Å². The van der Waals surface area contributed by atoms with Crippen LogP contribution in [-0.2, 0) is 5.33 Å². The van der Waals surface area contributed by atoms with Crippen LogP contribution in [0.2, 0.25) is 5.15 Å². The summed E-state index contributed by atoms with van der Waals surface area (Å²) in [6, 6.07) is 0. The molecule has 0 amide bonds. The monoisotopic (exact) mass is 263 g/mol. The van der Waals surface area contributed by atoms with Gasteiger partial charge in [0.1, 0.15) is 5.15 Å². The van der Waals surface area contributed by atoms with Gasteiger partial charge in [0.25, 0.3) is 0 Å². The van der Waals surface area contributed by atoms with Gasteiger partial charge in [0.05, 0.1) is 5.56 Å². The molecular weight excluding hydrogens is 257 g/mol. The number of aromatic carboxylic acids is 1. The van der Waals surface area contributed by atoms with Gasteiger partial charge in [-0.05, 0) is 12.5 Å².